The molecule has 1 aliphatic rings. The van der Waals surface area contributed by atoms with E-state index in [0.29, 0.717) is 5.82 Å². The molecule has 1 aliphatic heterocycles. The van der Waals surface area contributed by atoms with Crippen molar-refractivity contribution >= 4 is 34.7 Å². The van der Waals surface area contributed by atoms with Gasteiger partial charge in [-0.05, 0) is 24.3 Å². The summed E-state index contributed by atoms with van der Waals surface area (Å²) >= 11 is 5.92. The summed E-state index contributed by atoms with van der Waals surface area (Å²) in [5.41, 5.74) is 13.5. The number of piperazine rings is 1. The second kappa shape index (κ2) is 5.65. The van der Waals surface area contributed by atoms with Gasteiger partial charge in [-0.2, -0.15) is 4.98 Å². The maximum Gasteiger partial charge on any atom is 0.222 e. The highest BCUT2D eigenvalue weighted by Crippen LogP contribution is 2.24. The summed E-state index contributed by atoms with van der Waals surface area (Å²) < 4.78 is 0. The Morgan fingerprint density at radius 2 is 1.57 bits per heavy atom. The van der Waals surface area contributed by atoms with Crippen LogP contribution in [0.5, 0.6) is 0 Å². The van der Waals surface area contributed by atoms with Crippen LogP contribution >= 0.6 is 11.6 Å². The predicted octanol–water partition coefficient (Wildman–Crippen LogP) is 1.62. The molecule has 1 fully saturated rings. The van der Waals surface area contributed by atoms with E-state index in [0.717, 1.165) is 36.9 Å². The monoisotopic (exact) mass is 304 g/mol. The van der Waals surface area contributed by atoms with Gasteiger partial charge in [0.1, 0.15) is 0 Å². The van der Waals surface area contributed by atoms with Crippen molar-refractivity contribution in [1.82, 2.24) is 9.97 Å². The first kappa shape index (κ1) is 13.8. The number of rotatable bonds is 2. The van der Waals surface area contributed by atoms with Gasteiger partial charge in [0.2, 0.25) is 5.95 Å². The Hall–Kier alpha value is -2.21. The molecular formula is C14H17ClN6. The fraction of sp³-hybridized carbons (Fsp3) is 0.286. The minimum Gasteiger partial charge on any atom is -0.382 e. The van der Waals surface area contributed by atoms with Gasteiger partial charge in [0, 0.05) is 36.9 Å². The molecule has 3 rings (SSSR count). The molecule has 21 heavy (non-hydrogen) atoms. The van der Waals surface area contributed by atoms with Gasteiger partial charge in [0.05, 0.1) is 11.9 Å². The number of aromatic nitrogens is 2. The first-order valence-corrected chi connectivity index (χ1v) is 7.15. The lowest BCUT2D eigenvalue weighted by atomic mass is 10.2. The third kappa shape index (κ3) is 2.95. The zero-order valence-corrected chi connectivity index (χ0v) is 12.3. The zero-order chi connectivity index (χ0) is 14.8. The fourth-order valence-corrected chi connectivity index (χ4v) is 2.63. The van der Waals surface area contributed by atoms with Crippen molar-refractivity contribution in [3.8, 4) is 0 Å². The molecule has 0 bridgehead atoms. The Morgan fingerprint density at radius 3 is 2.19 bits per heavy atom. The first-order chi connectivity index (χ1) is 10.1. The Labute approximate surface area is 128 Å². The summed E-state index contributed by atoms with van der Waals surface area (Å²) in [6.45, 7) is 3.54. The van der Waals surface area contributed by atoms with Crippen LogP contribution in [-0.4, -0.2) is 36.1 Å². The zero-order valence-electron chi connectivity index (χ0n) is 11.5. The van der Waals surface area contributed by atoms with Crippen LogP contribution in [0.2, 0.25) is 5.02 Å². The summed E-state index contributed by atoms with van der Waals surface area (Å²) in [7, 11) is 0. The quantitative estimate of drug-likeness (QED) is 0.877. The van der Waals surface area contributed by atoms with E-state index < -0.39 is 0 Å². The first-order valence-electron chi connectivity index (χ1n) is 6.77. The third-order valence-corrected chi connectivity index (χ3v) is 3.88. The van der Waals surface area contributed by atoms with E-state index in [2.05, 4.69) is 19.8 Å². The molecule has 0 aliphatic carbocycles. The molecule has 4 N–H and O–H groups in total. The maximum atomic E-state index is 5.92. The van der Waals surface area contributed by atoms with Gasteiger partial charge in [-0.3, -0.25) is 0 Å². The van der Waals surface area contributed by atoms with Gasteiger partial charge in [-0.1, -0.05) is 11.6 Å². The van der Waals surface area contributed by atoms with E-state index in [-0.39, 0.29) is 5.95 Å². The number of nitrogens with two attached hydrogens (primary N) is 2. The van der Waals surface area contributed by atoms with E-state index in [1.807, 2.05) is 24.3 Å². The number of halogens is 1. The molecule has 1 aromatic carbocycles. The molecular weight excluding hydrogens is 288 g/mol. The van der Waals surface area contributed by atoms with Gasteiger partial charge < -0.3 is 21.3 Å². The predicted molar refractivity (Wildman–Crippen MR) is 86.7 cm³/mol. The summed E-state index contributed by atoms with van der Waals surface area (Å²) in [6.07, 6.45) is 1.69. The summed E-state index contributed by atoms with van der Waals surface area (Å²) in [4.78, 5) is 12.5. The van der Waals surface area contributed by atoms with E-state index >= 15 is 0 Å². The topological polar surface area (TPSA) is 84.3 Å². The minimum atomic E-state index is 0.205. The number of nitrogens with zero attached hydrogens (tertiary/aromatic N) is 4. The molecule has 1 aromatic heterocycles. The van der Waals surface area contributed by atoms with Gasteiger partial charge >= 0.3 is 0 Å². The average molecular weight is 305 g/mol. The SMILES string of the molecule is Nc1ncc(N2CCN(c3ccc(Cl)cc3)CC2)c(N)n1. The highest BCUT2D eigenvalue weighted by molar-refractivity contribution is 6.30. The van der Waals surface area contributed by atoms with Crippen LogP contribution in [-0.2, 0) is 0 Å². The van der Waals surface area contributed by atoms with Crippen LogP contribution < -0.4 is 21.3 Å². The van der Waals surface area contributed by atoms with Crippen LogP contribution in [0.1, 0.15) is 0 Å². The second-order valence-electron chi connectivity index (χ2n) is 4.95. The fourth-order valence-electron chi connectivity index (χ4n) is 2.50. The standard InChI is InChI=1S/C14H17ClN6/c15-10-1-3-11(4-2-10)20-5-7-21(8-6-20)12-9-18-14(17)19-13(12)16/h1-4,9H,5-8H2,(H4,16,17,18,19). The van der Waals surface area contributed by atoms with Crippen LogP contribution in [0.3, 0.4) is 0 Å². The molecule has 110 valence electrons. The van der Waals surface area contributed by atoms with Gasteiger partial charge in [0.25, 0.3) is 0 Å². The van der Waals surface area contributed by atoms with Crippen LogP contribution in [0.25, 0.3) is 0 Å². The smallest absolute Gasteiger partial charge is 0.222 e. The number of anilines is 4. The molecule has 7 heteroatoms. The third-order valence-electron chi connectivity index (χ3n) is 3.63. The van der Waals surface area contributed by atoms with Crippen molar-refractivity contribution in [2.75, 3.05) is 47.4 Å². The number of hydrogen-bond acceptors (Lipinski definition) is 6. The van der Waals surface area contributed by atoms with Crippen molar-refractivity contribution in [3.05, 3.63) is 35.5 Å². The highest BCUT2D eigenvalue weighted by atomic mass is 35.5. The van der Waals surface area contributed by atoms with Crippen molar-refractivity contribution < 1.29 is 0 Å². The van der Waals surface area contributed by atoms with Crippen molar-refractivity contribution in [3.63, 3.8) is 0 Å². The molecule has 0 atom stereocenters. The van der Waals surface area contributed by atoms with Crippen molar-refractivity contribution in [2.24, 2.45) is 0 Å². The molecule has 2 aromatic rings. The van der Waals surface area contributed by atoms with Crippen LogP contribution in [0.15, 0.2) is 30.5 Å². The number of benzene rings is 1. The van der Waals surface area contributed by atoms with Crippen molar-refractivity contribution in [1.29, 1.82) is 0 Å². The Bertz CT molecular complexity index is 622. The van der Waals surface area contributed by atoms with E-state index in [9.17, 15) is 0 Å². The van der Waals surface area contributed by atoms with E-state index in [1.165, 1.54) is 5.69 Å². The van der Waals surface area contributed by atoms with Crippen LogP contribution in [0.4, 0.5) is 23.1 Å². The molecule has 2 heterocycles. The lowest BCUT2D eigenvalue weighted by Gasteiger charge is -2.37. The maximum absolute atomic E-state index is 5.92. The number of hydrogen-bond donors (Lipinski definition) is 2. The Kier molecular flexibility index (Phi) is 3.70. The van der Waals surface area contributed by atoms with E-state index in [1.54, 1.807) is 6.20 Å². The molecule has 0 saturated carbocycles. The Morgan fingerprint density at radius 1 is 0.952 bits per heavy atom. The molecule has 0 amide bonds. The minimum absolute atomic E-state index is 0.205. The summed E-state index contributed by atoms with van der Waals surface area (Å²) in [5, 5.41) is 0.754. The van der Waals surface area contributed by atoms with Gasteiger partial charge in [0.15, 0.2) is 5.82 Å². The summed E-state index contributed by atoms with van der Waals surface area (Å²) in [6, 6.07) is 7.90. The molecule has 6 nitrogen and oxygen atoms in total. The lowest BCUT2D eigenvalue weighted by molar-refractivity contribution is 0.652. The Balaban J connectivity index is 1.68. The lowest BCUT2D eigenvalue weighted by Crippen LogP contribution is -2.46. The molecule has 0 radical (unpaired) electrons. The van der Waals surface area contributed by atoms with Crippen molar-refractivity contribution in [2.45, 2.75) is 0 Å². The second-order valence-corrected chi connectivity index (χ2v) is 5.39. The van der Waals surface area contributed by atoms with Gasteiger partial charge in [-0.15, -0.1) is 0 Å². The normalized spacial score (nSPS) is 15.3. The average Bonchev–Trinajstić information content (AvgIpc) is 2.48. The highest BCUT2D eigenvalue weighted by Gasteiger charge is 2.19. The van der Waals surface area contributed by atoms with Gasteiger partial charge in [-0.25, -0.2) is 4.98 Å². The van der Waals surface area contributed by atoms with Crippen LogP contribution in [0, 0.1) is 0 Å². The largest absolute Gasteiger partial charge is 0.382 e. The molecule has 0 unspecified atom stereocenters. The number of nitrogen functional groups attached to an aromatic ring is 2. The summed E-state index contributed by atoms with van der Waals surface area (Å²) in [5.74, 6) is 0.637. The molecule has 1 saturated heterocycles. The van der Waals surface area contributed by atoms with E-state index in [4.69, 9.17) is 23.1 Å². The molecule has 0 spiro atoms.